The van der Waals surface area contributed by atoms with Gasteiger partial charge in [0.2, 0.25) is 5.91 Å². The van der Waals surface area contributed by atoms with Gasteiger partial charge in [-0.25, -0.2) is 4.79 Å². The van der Waals surface area contributed by atoms with E-state index in [1.807, 2.05) is 13.8 Å². The number of anilines is 1. The number of ether oxygens (including phenoxy) is 2. The normalized spacial score (nSPS) is 10.2. The third-order valence-corrected chi connectivity index (χ3v) is 2.89. The number of methoxy groups -OCH3 is 1. The molecule has 1 rings (SSSR count). The zero-order valence-corrected chi connectivity index (χ0v) is 16.2. The van der Waals surface area contributed by atoms with E-state index in [2.05, 4.69) is 10.1 Å². The molecule has 0 saturated heterocycles. The molecule has 0 atom stereocenters. The Morgan fingerprint density at radius 3 is 2.16 bits per heavy atom. The zero-order chi connectivity index (χ0) is 19.6. The van der Waals surface area contributed by atoms with Crippen LogP contribution in [0.3, 0.4) is 0 Å². The third kappa shape index (κ3) is 8.88. The summed E-state index contributed by atoms with van der Waals surface area (Å²) in [5, 5.41) is 2.69. The summed E-state index contributed by atoms with van der Waals surface area (Å²) in [4.78, 5) is 34.9. The minimum absolute atomic E-state index is 0.0162. The smallest absolute Gasteiger partial charge is 0.338 e. The molecule has 25 heavy (non-hydrogen) atoms. The van der Waals surface area contributed by atoms with Crippen LogP contribution in [0.2, 0.25) is 0 Å². The van der Waals surface area contributed by atoms with Crippen LogP contribution < -0.4 is 5.32 Å². The van der Waals surface area contributed by atoms with Crippen molar-refractivity contribution in [3.05, 3.63) is 29.3 Å². The van der Waals surface area contributed by atoms with Gasteiger partial charge in [-0.15, -0.1) is 0 Å². The maximum absolute atomic E-state index is 11.9. The highest BCUT2D eigenvalue weighted by Crippen LogP contribution is 2.16. The predicted molar refractivity (Wildman–Crippen MR) is 97.6 cm³/mol. The second kappa shape index (κ2) is 10.5. The Hall–Kier alpha value is -2.37. The van der Waals surface area contributed by atoms with Gasteiger partial charge in [0.05, 0.1) is 19.1 Å². The minimum Gasteiger partial charge on any atom is -0.465 e. The number of rotatable bonds is 5. The highest BCUT2D eigenvalue weighted by atomic mass is 16.6. The van der Waals surface area contributed by atoms with Gasteiger partial charge in [-0.1, -0.05) is 13.8 Å². The van der Waals surface area contributed by atoms with Crippen LogP contribution in [0.1, 0.15) is 63.4 Å². The van der Waals surface area contributed by atoms with Gasteiger partial charge in [-0.2, -0.15) is 0 Å². The van der Waals surface area contributed by atoms with Crippen LogP contribution in [0.15, 0.2) is 18.2 Å². The quantitative estimate of drug-likeness (QED) is 0.814. The molecule has 0 spiro atoms. The Kier molecular flexibility index (Phi) is 9.49. The number of carbonyl (C=O) groups excluding carboxylic acids is 3. The molecule has 0 saturated carbocycles. The Bertz CT molecular complexity index is 602. The van der Waals surface area contributed by atoms with Crippen LogP contribution in [-0.2, 0) is 19.1 Å². The van der Waals surface area contributed by atoms with Gasteiger partial charge >= 0.3 is 11.9 Å². The fraction of sp³-hybridized carbons (Fsp3) is 0.526. The summed E-state index contributed by atoms with van der Waals surface area (Å²) in [6.07, 6.45) is 0.0506. The van der Waals surface area contributed by atoms with Crippen molar-refractivity contribution in [1.82, 2.24) is 0 Å². The lowest BCUT2D eigenvalue weighted by molar-refractivity contribution is -0.155. The standard InChI is InChI=1S/C17H23NO5.C2H6/c1-11-10-12(6-7-13(11)16(21)22-5)18-14(19)8-9-15(20)23-17(2,3)4;1-2/h6-7,10H,8-9H2,1-5H3,(H,18,19);1-2H3. The second-order valence-electron chi connectivity index (χ2n) is 6.16. The van der Waals surface area contributed by atoms with Crippen molar-refractivity contribution < 1.29 is 23.9 Å². The lowest BCUT2D eigenvalue weighted by atomic mass is 10.1. The molecule has 1 aromatic rings. The lowest BCUT2D eigenvalue weighted by Crippen LogP contribution is -2.24. The number of esters is 2. The topological polar surface area (TPSA) is 81.7 Å². The van der Waals surface area contributed by atoms with Gasteiger partial charge in [0.15, 0.2) is 0 Å². The number of carbonyl (C=O) groups is 3. The molecule has 1 N–H and O–H groups in total. The summed E-state index contributed by atoms with van der Waals surface area (Å²) in [5.74, 6) is -1.13. The van der Waals surface area contributed by atoms with E-state index in [0.717, 1.165) is 0 Å². The Balaban J connectivity index is 0.00000277. The van der Waals surface area contributed by atoms with Crippen LogP contribution >= 0.6 is 0 Å². The van der Waals surface area contributed by atoms with E-state index >= 15 is 0 Å². The monoisotopic (exact) mass is 351 g/mol. The SMILES string of the molecule is CC.COC(=O)c1ccc(NC(=O)CCC(=O)OC(C)(C)C)cc1C. The molecule has 0 aliphatic rings. The summed E-state index contributed by atoms with van der Waals surface area (Å²) in [5.41, 5.74) is 1.14. The maximum atomic E-state index is 11.9. The molecule has 0 radical (unpaired) electrons. The minimum atomic E-state index is -0.561. The van der Waals surface area contributed by atoms with Gasteiger partial charge < -0.3 is 14.8 Å². The molecular formula is C19H29NO5. The van der Waals surface area contributed by atoms with Crippen molar-refractivity contribution in [3.63, 3.8) is 0 Å². The van der Waals surface area contributed by atoms with Crippen LogP contribution in [0.5, 0.6) is 0 Å². The number of hydrogen-bond acceptors (Lipinski definition) is 5. The lowest BCUT2D eigenvalue weighted by Gasteiger charge is -2.19. The zero-order valence-electron chi connectivity index (χ0n) is 16.2. The first-order chi connectivity index (χ1) is 11.6. The molecule has 1 aromatic carbocycles. The number of nitrogens with one attached hydrogen (secondary N) is 1. The second-order valence-corrected chi connectivity index (χ2v) is 6.16. The summed E-state index contributed by atoms with van der Waals surface area (Å²) in [6, 6.07) is 4.88. The average molecular weight is 351 g/mol. The Morgan fingerprint density at radius 1 is 1.08 bits per heavy atom. The summed E-state index contributed by atoms with van der Waals surface area (Å²) in [6.45, 7) is 11.1. The first kappa shape index (κ1) is 22.6. The molecule has 1 amide bonds. The van der Waals surface area contributed by atoms with Crippen molar-refractivity contribution >= 4 is 23.5 Å². The number of benzene rings is 1. The number of amides is 1. The molecule has 0 heterocycles. The Morgan fingerprint density at radius 2 is 1.68 bits per heavy atom. The van der Waals surface area contributed by atoms with E-state index < -0.39 is 17.5 Å². The van der Waals surface area contributed by atoms with E-state index in [4.69, 9.17) is 4.74 Å². The number of hydrogen-bond donors (Lipinski definition) is 1. The third-order valence-electron chi connectivity index (χ3n) is 2.89. The van der Waals surface area contributed by atoms with E-state index in [0.29, 0.717) is 16.8 Å². The molecule has 6 heteroatoms. The fourth-order valence-electron chi connectivity index (χ4n) is 1.91. The molecule has 6 nitrogen and oxygen atoms in total. The molecule has 0 bridgehead atoms. The van der Waals surface area contributed by atoms with Crippen molar-refractivity contribution in [3.8, 4) is 0 Å². The Labute approximate surface area is 149 Å². The largest absolute Gasteiger partial charge is 0.465 e. The molecule has 140 valence electrons. The van der Waals surface area contributed by atoms with Gasteiger partial charge in [-0.3, -0.25) is 9.59 Å². The summed E-state index contributed by atoms with van der Waals surface area (Å²) >= 11 is 0. The predicted octanol–water partition coefficient (Wildman–Crippen LogP) is 3.87. The summed E-state index contributed by atoms with van der Waals surface area (Å²) < 4.78 is 9.81. The fourth-order valence-corrected chi connectivity index (χ4v) is 1.91. The number of aryl methyl sites for hydroxylation is 1. The van der Waals surface area contributed by atoms with Crippen molar-refractivity contribution in [2.75, 3.05) is 12.4 Å². The van der Waals surface area contributed by atoms with Gasteiger partial charge in [0.25, 0.3) is 0 Å². The maximum Gasteiger partial charge on any atom is 0.338 e. The molecule has 0 unspecified atom stereocenters. The molecule has 0 aliphatic heterocycles. The van der Waals surface area contributed by atoms with Crippen LogP contribution in [0.25, 0.3) is 0 Å². The van der Waals surface area contributed by atoms with E-state index in [1.54, 1.807) is 45.9 Å². The van der Waals surface area contributed by atoms with E-state index in [-0.39, 0.29) is 18.7 Å². The first-order valence-corrected chi connectivity index (χ1v) is 8.33. The van der Waals surface area contributed by atoms with Crippen molar-refractivity contribution in [1.29, 1.82) is 0 Å². The van der Waals surface area contributed by atoms with Crippen molar-refractivity contribution in [2.24, 2.45) is 0 Å². The molecule has 0 fully saturated rings. The van der Waals surface area contributed by atoms with Gasteiger partial charge in [0.1, 0.15) is 5.60 Å². The molecular weight excluding hydrogens is 322 g/mol. The molecule has 0 aromatic heterocycles. The highest BCUT2D eigenvalue weighted by Gasteiger charge is 2.17. The van der Waals surface area contributed by atoms with Gasteiger partial charge in [-0.05, 0) is 51.5 Å². The van der Waals surface area contributed by atoms with Gasteiger partial charge in [0, 0.05) is 12.1 Å². The van der Waals surface area contributed by atoms with Crippen molar-refractivity contribution in [2.45, 2.75) is 60.0 Å². The first-order valence-electron chi connectivity index (χ1n) is 8.33. The van der Waals surface area contributed by atoms with Crippen LogP contribution in [0, 0.1) is 6.92 Å². The van der Waals surface area contributed by atoms with Crippen LogP contribution in [-0.4, -0.2) is 30.6 Å². The molecule has 0 aliphatic carbocycles. The summed E-state index contributed by atoms with van der Waals surface area (Å²) in [7, 11) is 1.31. The highest BCUT2D eigenvalue weighted by molar-refractivity contribution is 5.95. The van der Waals surface area contributed by atoms with E-state index in [1.165, 1.54) is 7.11 Å². The average Bonchev–Trinajstić information content (AvgIpc) is 2.53. The van der Waals surface area contributed by atoms with E-state index in [9.17, 15) is 14.4 Å². The van der Waals surface area contributed by atoms with Crippen LogP contribution in [0.4, 0.5) is 5.69 Å².